The van der Waals surface area contributed by atoms with E-state index in [9.17, 15) is 0 Å². The van der Waals surface area contributed by atoms with Gasteiger partial charge in [0.25, 0.3) is 0 Å². The Morgan fingerprint density at radius 2 is 1.56 bits per heavy atom. The average Bonchev–Trinajstić information content (AvgIpc) is 2.86. The SMILES string of the molecule is CN(C)c1ccc(C=CC2=[N+](C)c3c(ccc4ccccc34)C2(C)C)cc1. The van der Waals surface area contributed by atoms with Gasteiger partial charge in [0.1, 0.15) is 7.05 Å². The van der Waals surface area contributed by atoms with Crippen LogP contribution in [-0.4, -0.2) is 31.4 Å². The summed E-state index contributed by atoms with van der Waals surface area (Å²) in [5, 5.41) is 2.62. The fraction of sp³-hybridized carbons (Fsp3) is 0.240. The molecule has 0 N–H and O–H groups in total. The molecule has 0 fully saturated rings. The highest BCUT2D eigenvalue weighted by Crippen LogP contribution is 2.43. The summed E-state index contributed by atoms with van der Waals surface area (Å²) in [5.74, 6) is 0. The Kier molecular flexibility index (Phi) is 4.15. The van der Waals surface area contributed by atoms with Gasteiger partial charge in [-0.1, -0.05) is 42.5 Å². The van der Waals surface area contributed by atoms with Gasteiger partial charge >= 0.3 is 0 Å². The highest BCUT2D eigenvalue weighted by molar-refractivity contribution is 6.08. The van der Waals surface area contributed by atoms with E-state index in [4.69, 9.17) is 0 Å². The predicted molar refractivity (Wildman–Crippen MR) is 118 cm³/mol. The topological polar surface area (TPSA) is 6.25 Å². The number of anilines is 1. The molecule has 136 valence electrons. The lowest BCUT2D eigenvalue weighted by Gasteiger charge is -2.15. The zero-order valence-electron chi connectivity index (χ0n) is 16.8. The molecule has 0 aliphatic carbocycles. The summed E-state index contributed by atoms with van der Waals surface area (Å²) >= 11 is 0. The summed E-state index contributed by atoms with van der Waals surface area (Å²) in [5.41, 5.74) is 6.47. The van der Waals surface area contributed by atoms with Crippen LogP contribution in [0.2, 0.25) is 0 Å². The Hall–Kier alpha value is -2.87. The van der Waals surface area contributed by atoms with Gasteiger partial charge in [0.2, 0.25) is 5.69 Å². The van der Waals surface area contributed by atoms with Crippen molar-refractivity contribution in [1.29, 1.82) is 0 Å². The highest BCUT2D eigenvalue weighted by Gasteiger charge is 2.43. The van der Waals surface area contributed by atoms with Gasteiger partial charge in [0, 0.05) is 31.4 Å². The molecule has 3 aromatic carbocycles. The second-order valence-electron chi connectivity index (χ2n) is 8.07. The number of fused-ring (bicyclic) bond motifs is 3. The average molecular weight is 356 g/mol. The molecule has 0 radical (unpaired) electrons. The zero-order valence-corrected chi connectivity index (χ0v) is 16.8. The van der Waals surface area contributed by atoms with Crippen molar-refractivity contribution in [3.8, 4) is 0 Å². The molecule has 4 rings (SSSR count). The van der Waals surface area contributed by atoms with Crippen LogP contribution < -0.4 is 4.90 Å². The smallest absolute Gasteiger partial charge is 0.217 e. The fourth-order valence-corrected chi connectivity index (χ4v) is 4.18. The maximum absolute atomic E-state index is 2.36. The van der Waals surface area contributed by atoms with E-state index in [1.807, 2.05) is 0 Å². The van der Waals surface area contributed by atoms with Gasteiger partial charge in [-0.05, 0) is 49.1 Å². The Bertz CT molecular complexity index is 1070. The van der Waals surface area contributed by atoms with Crippen LogP contribution in [0.5, 0.6) is 0 Å². The summed E-state index contributed by atoms with van der Waals surface area (Å²) in [6.07, 6.45) is 4.50. The number of benzene rings is 3. The lowest BCUT2D eigenvalue weighted by atomic mass is 9.80. The first-order valence-corrected chi connectivity index (χ1v) is 9.48. The van der Waals surface area contributed by atoms with Crippen LogP contribution in [0.4, 0.5) is 11.4 Å². The first-order chi connectivity index (χ1) is 12.9. The van der Waals surface area contributed by atoms with E-state index >= 15 is 0 Å². The summed E-state index contributed by atoms with van der Waals surface area (Å²) in [6.45, 7) is 4.64. The number of allylic oxidation sites excluding steroid dienone is 1. The molecule has 1 aliphatic rings. The van der Waals surface area contributed by atoms with Crippen molar-refractivity contribution in [2.75, 3.05) is 26.0 Å². The zero-order chi connectivity index (χ0) is 19.2. The van der Waals surface area contributed by atoms with E-state index in [1.54, 1.807) is 0 Å². The first kappa shape index (κ1) is 17.5. The van der Waals surface area contributed by atoms with Gasteiger partial charge in [-0.2, -0.15) is 4.58 Å². The first-order valence-electron chi connectivity index (χ1n) is 9.48. The van der Waals surface area contributed by atoms with E-state index < -0.39 is 0 Å². The van der Waals surface area contributed by atoms with E-state index in [0.29, 0.717) is 0 Å². The molecule has 0 saturated heterocycles. The molecule has 1 aliphatic heterocycles. The van der Waals surface area contributed by atoms with Gasteiger partial charge in [-0.3, -0.25) is 0 Å². The number of nitrogens with zero attached hydrogens (tertiary/aromatic N) is 2. The van der Waals surface area contributed by atoms with Crippen LogP contribution in [-0.2, 0) is 5.41 Å². The number of hydrogen-bond acceptors (Lipinski definition) is 1. The highest BCUT2D eigenvalue weighted by atomic mass is 15.1. The predicted octanol–water partition coefficient (Wildman–Crippen LogP) is 5.63. The normalized spacial score (nSPS) is 15.6. The lowest BCUT2D eigenvalue weighted by molar-refractivity contribution is -0.399. The molecule has 0 spiro atoms. The lowest BCUT2D eigenvalue weighted by Crippen LogP contribution is -2.26. The van der Waals surface area contributed by atoms with Crippen LogP contribution in [0, 0.1) is 0 Å². The summed E-state index contributed by atoms with van der Waals surface area (Å²) < 4.78 is 2.36. The van der Waals surface area contributed by atoms with Gasteiger partial charge in [0.05, 0.1) is 10.8 Å². The van der Waals surface area contributed by atoms with E-state index in [0.717, 1.165) is 0 Å². The molecular formula is C25H27N2+. The van der Waals surface area contributed by atoms with Crippen molar-refractivity contribution in [2.45, 2.75) is 19.3 Å². The quantitative estimate of drug-likeness (QED) is 0.552. The Labute approximate surface area is 162 Å². The molecule has 0 unspecified atom stereocenters. The molecular weight excluding hydrogens is 328 g/mol. The minimum absolute atomic E-state index is 0.0197. The van der Waals surface area contributed by atoms with Crippen LogP contribution in [0.3, 0.4) is 0 Å². The molecule has 0 saturated carbocycles. The van der Waals surface area contributed by atoms with Crippen molar-refractivity contribution in [3.63, 3.8) is 0 Å². The molecule has 0 bridgehead atoms. The standard InChI is InChI=1S/C25H27N2/c1-25(2)22-16-13-19-8-6-7-9-21(19)24(22)27(5)23(25)17-12-18-10-14-20(15-11-18)26(3)4/h6-17H,1-5H3/q+1. The Morgan fingerprint density at radius 1 is 0.852 bits per heavy atom. The number of hydrogen-bond donors (Lipinski definition) is 0. The minimum Gasteiger partial charge on any atom is -0.378 e. The molecule has 0 aromatic heterocycles. The summed E-state index contributed by atoms with van der Waals surface area (Å²) in [6, 6.07) is 21.9. The minimum atomic E-state index is -0.0197. The number of rotatable bonds is 3. The van der Waals surface area contributed by atoms with Crippen molar-refractivity contribution >= 4 is 33.9 Å². The molecule has 0 atom stereocenters. The van der Waals surface area contributed by atoms with Crippen molar-refractivity contribution in [3.05, 3.63) is 77.9 Å². The van der Waals surface area contributed by atoms with Crippen LogP contribution >= 0.6 is 0 Å². The van der Waals surface area contributed by atoms with Crippen LogP contribution in [0.25, 0.3) is 16.8 Å². The largest absolute Gasteiger partial charge is 0.378 e. The van der Waals surface area contributed by atoms with Gasteiger partial charge < -0.3 is 4.90 Å². The maximum Gasteiger partial charge on any atom is 0.217 e. The second-order valence-corrected chi connectivity index (χ2v) is 8.07. The second kappa shape index (κ2) is 6.38. The third-order valence-electron chi connectivity index (χ3n) is 5.75. The molecule has 2 nitrogen and oxygen atoms in total. The Morgan fingerprint density at radius 3 is 2.26 bits per heavy atom. The molecule has 2 heteroatoms. The third kappa shape index (κ3) is 2.86. The summed E-state index contributed by atoms with van der Waals surface area (Å²) in [4.78, 5) is 2.12. The monoisotopic (exact) mass is 355 g/mol. The summed E-state index contributed by atoms with van der Waals surface area (Å²) in [7, 11) is 6.32. The van der Waals surface area contributed by atoms with Gasteiger partial charge in [0.15, 0.2) is 5.71 Å². The van der Waals surface area contributed by atoms with Gasteiger partial charge in [-0.15, -0.1) is 0 Å². The van der Waals surface area contributed by atoms with Crippen molar-refractivity contribution in [1.82, 2.24) is 0 Å². The third-order valence-corrected chi connectivity index (χ3v) is 5.75. The van der Waals surface area contributed by atoms with E-state index in [2.05, 4.69) is 117 Å². The van der Waals surface area contributed by atoms with E-state index in [1.165, 1.54) is 39.0 Å². The molecule has 27 heavy (non-hydrogen) atoms. The van der Waals surface area contributed by atoms with Crippen LogP contribution in [0.1, 0.15) is 25.0 Å². The Balaban J connectivity index is 1.77. The van der Waals surface area contributed by atoms with Gasteiger partial charge in [-0.25, -0.2) is 0 Å². The van der Waals surface area contributed by atoms with E-state index in [-0.39, 0.29) is 5.41 Å². The maximum atomic E-state index is 2.36. The van der Waals surface area contributed by atoms with Crippen LogP contribution in [0.15, 0.2) is 66.7 Å². The molecule has 0 amide bonds. The molecule has 1 heterocycles. The fourth-order valence-electron chi connectivity index (χ4n) is 4.18. The van der Waals surface area contributed by atoms with Crippen molar-refractivity contribution in [2.24, 2.45) is 0 Å². The van der Waals surface area contributed by atoms with Crippen molar-refractivity contribution < 1.29 is 4.58 Å². The molecule has 3 aromatic rings.